The molecule has 1 fully saturated rings. The van der Waals surface area contributed by atoms with Gasteiger partial charge in [-0.2, -0.15) is 0 Å². The fourth-order valence-electron chi connectivity index (χ4n) is 4.18. The molecule has 176 valence electrons. The van der Waals surface area contributed by atoms with Crippen molar-refractivity contribution >= 4 is 23.6 Å². The molecule has 0 aromatic heterocycles. The maximum Gasteiger partial charge on any atom is 0.255 e. The standard InChI is InChI=1S/C29H32N2O2S/c1-29(2,3)24-16-14-23(15-17-24)28-31(27(33)22-12-8-5-9-13-22)25(20-34-28)26(32)30-19-18-21-10-6-4-7-11-21/h4-17,25,28H,18-20H2,1-3H3,(H,30,32). The molecule has 3 aromatic carbocycles. The first kappa shape index (κ1) is 24.1. The molecule has 1 aliphatic rings. The van der Waals surface area contributed by atoms with E-state index >= 15 is 0 Å². The Morgan fingerprint density at radius 3 is 2.15 bits per heavy atom. The molecule has 2 unspecified atom stereocenters. The Balaban J connectivity index is 1.54. The molecule has 1 N–H and O–H groups in total. The van der Waals surface area contributed by atoms with Crippen LogP contribution in [-0.4, -0.2) is 35.1 Å². The molecular weight excluding hydrogens is 440 g/mol. The van der Waals surface area contributed by atoms with Gasteiger partial charge in [-0.3, -0.25) is 9.59 Å². The lowest BCUT2D eigenvalue weighted by atomic mass is 9.86. The quantitative estimate of drug-likeness (QED) is 0.508. The number of nitrogens with zero attached hydrogens (tertiary/aromatic N) is 1. The molecule has 0 radical (unpaired) electrons. The Morgan fingerprint density at radius 1 is 0.912 bits per heavy atom. The van der Waals surface area contributed by atoms with Gasteiger partial charge in [-0.1, -0.05) is 93.6 Å². The van der Waals surface area contributed by atoms with Crippen LogP contribution in [0.1, 0.15) is 53.2 Å². The summed E-state index contributed by atoms with van der Waals surface area (Å²) in [7, 11) is 0. The Kier molecular flexibility index (Phi) is 7.42. The van der Waals surface area contributed by atoms with Crippen LogP contribution in [0.25, 0.3) is 0 Å². The van der Waals surface area contributed by atoms with Gasteiger partial charge < -0.3 is 10.2 Å². The SMILES string of the molecule is CC(C)(C)c1ccc(C2SCC(C(=O)NCCc3ccccc3)N2C(=O)c2ccccc2)cc1. The van der Waals surface area contributed by atoms with E-state index in [0.717, 1.165) is 12.0 Å². The monoisotopic (exact) mass is 472 g/mol. The highest BCUT2D eigenvalue weighted by atomic mass is 32.2. The van der Waals surface area contributed by atoms with E-state index in [2.05, 4.69) is 62.5 Å². The van der Waals surface area contributed by atoms with Crippen LogP contribution in [0.3, 0.4) is 0 Å². The summed E-state index contributed by atoms with van der Waals surface area (Å²) < 4.78 is 0. The van der Waals surface area contributed by atoms with Crippen LogP contribution in [0.4, 0.5) is 0 Å². The number of carbonyl (C=O) groups excluding carboxylic acids is 2. The lowest BCUT2D eigenvalue weighted by Crippen LogP contribution is -2.48. The zero-order valence-electron chi connectivity index (χ0n) is 20.0. The van der Waals surface area contributed by atoms with Crippen LogP contribution in [0, 0.1) is 0 Å². The van der Waals surface area contributed by atoms with Gasteiger partial charge >= 0.3 is 0 Å². The maximum absolute atomic E-state index is 13.6. The highest BCUT2D eigenvalue weighted by molar-refractivity contribution is 7.99. The molecule has 0 bridgehead atoms. The smallest absolute Gasteiger partial charge is 0.255 e. The van der Waals surface area contributed by atoms with Gasteiger partial charge in [0.25, 0.3) is 5.91 Å². The normalized spacial score (nSPS) is 18.0. The zero-order chi connectivity index (χ0) is 24.1. The molecule has 1 saturated heterocycles. The predicted molar refractivity (Wildman–Crippen MR) is 140 cm³/mol. The highest BCUT2D eigenvalue weighted by Gasteiger charge is 2.42. The van der Waals surface area contributed by atoms with Crippen molar-refractivity contribution in [2.24, 2.45) is 0 Å². The van der Waals surface area contributed by atoms with E-state index in [4.69, 9.17) is 0 Å². The number of nitrogens with one attached hydrogen (secondary N) is 1. The van der Waals surface area contributed by atoms with Crippen molar-refractivity contribution in [1.29, 1.82) is 0 Å². The summed E-state index contributed by atoms with van der Waals surface area (Å²) in [4.78, 5) is 28.6. The predicted octanol–water partition coefficient (Wildman–Crippen LogP) is 5.60. The van der Waals surface area contributed by atoms with E-state index in [1.807, 2.05) is 48.5 Å². The van der Waals surface area contributed by atoms with E-state index in [1.54, 1.807) is 16.7 Å². The number of hydrogen-bond donors (Lipinski definition) is 1. The fraction of sp³-hybridized carbons (Fsp3) is 0.310. The van der Waals surface area contributed by atoms with Crippen LogP contribution in [-0.2, 0) is 16.6 Å². The molecule has 1 aliphatic heterocycles. The molecule has 0 aliphatic carbocycles. The lowest BCUT2D eigenvalue weighted by Gasteiger charge is -2.29. The van der Waals surface area contributed by atoms with Gasteiger partial charge in [-0.15, -0.1) is 11.8 Å². The minimum atomic E-state index is -0.513. The number of benzene rings is 3. The molecule has 0 saturated carbocycles. The highest BCUT2D eigenvalue weighted by Crippen LogP contribution is 2.42. The van der Waals surface area contributed by atoms with Crippen LogP contribution < -0.4 is 5.32 Å². The maximum atomic E-state index is 13.6. The van der Waals surface area contributed by atoms with Gasteiger partial charge in [0, 0.05) is 17.9 Å². The largest absolute Gasteiger partial charge is 0.354 e. The van der Waals surface area contributed by atoms with Gasteiger partial charge in [0.05, 0.1) is 0 Å². The van der Waals surface area contributed by atoms with Crippen LogP contribution >= 0.6 is 11.8 Å². The van der Waals surface area contributed by atoms with E-state index in [0.29, 0.717) is 17.9 Å². The molecule has 4 nitrogen and oxygen atoms in total. The summed E-state index contributed by atoms with van der Waals surface area (Å²) >= 11 is 1.65. The Labute approximate surface area is 206 Å². The van der Waals surface area contributed by atoms with Gasteiger partial charge in [0.15, 0.2) is 0 Å². The minimum Gasteiger partial charge on any atom is -0.354 e. The third-order valence-corrected chi connectivity index (χ3v) is 7.50. The van der Waals surface area contributed by atoms with Crippen molar-refractivity contribution in [2.75, 3.05) is 12.3 Å². The Hall–Kier alpha value is -3.05. The molecule has 2 atom stereocenters. The van der Waals surface area contributed by atoms with E-state index < -0.39 is 6.04 Å². The number of amides is 2. The third-order valence-electron chi connectivity index (χ3n) is 6.18. The van der Waals surface area contributed by atoms with Crippen molar-refractivity contribution in [3.05, 3.63) is 107 Å². The average Bonchev–Trinajstić information content (AvgIpc) is 3.29. The van der Waals surface area contributed by atoms with Gasteiger partial charge in [-0.25, -0.2) is 0 Å². The molecule has 2 amide bonds. The van der Waals surface area contributed by atoms with E-state index in [-0.39, 0.29) is 22.6 Å². The van der Waals surface area contributed by atoms with Crippen molar-refractivity contribution < 1.29 is 9.59 Å². The third kappa shape index (κ3) is 5.53. The number of carbonyl (C=O) groups is 2. The molecular formula is C29H32N2O2S. The summed E-state index contributed by atoms with van der Waals surface area (Å²) in [5.41, 5.74) is 4.13. The van der Waals surface area contributed by atoms with Gasteiger partial charge in [-0.05, 0) is 40.7 Å². The molecule has 34 heavy (non-hydrogen) atoms. The molecule has 1 heterocycles. The zero-order valence-corrected chi connectivity index (χ0v) is 20.8. The molecule has 5 heteroatoms. The second kappa shape index (κ2) is 10.5. The number of hydrogen-bond acceptors (Lipinski definition) is 3. The van der Waals surface area contributed by atoms with Crippen LogP contribution in [0.2, 0.25) is 0 Å². The summed E-state index contributed by atoms with van der Waals surface area (Å²) in [5, 5.41) is 2.86. The van der Waals surface area contributed by atoms with Crippen molar-refractivity contribution in [3.8, 4) is 0 Å². The molecule has 0 spiro atoms. The van der Waals surface area contributed by atoms with Crippen molar-refractivity contribution in [2.45, 2.75) is 44.0 Å². The second-order valence-electron chi connectivity index (χ2n) is 9.68. The average molecular weight is 473 g/mol. The minimum absolute atomic E-state index is 0.0576. The summed E-state index contributed by atoms with van der Waals surface area (Å²) in [6.07, 6.45) is 0.761. The van der Waals surface area contributed by atoms with Crippen LogP contribution in [0.15, 0.2) is 84.9 Å². The summed E-state index contributed by atoms with van der Waals surface area (Å²) in [6.45, 7) is 7.11. The second-order valence-corrected chi connectivity index (χ2v) is 10.8. The first-order valence-electron chi connectivity index (χ1n) is 11.8. The van der Waals surface area contributed by atoms with E-state index in [1.165, 1.54) is 11.1 Å². The van der Waals surface area contributed by atoms with Crippen molar-refractivity contribution in [1.82, 2.24) is 10.2 Å². The van der Waals surface area contributed by atoms with Crippen LogP contribution in [0.5, 0.6) is 0 Å². The van der Waals surface area contributed by atoms with Crippen molar-refractivity contribution in [3.63, 3.8) is 0 Å². The first-order valence-corrected chi connectivity index (χ1v) is 12.8. The summed E-state index contributed by atoms with van der Waals surface area (Å²) in [5.74, 6) is 0.363. The van der Waals surface area contributed by atoms with Gasteiger partial charge in [0.2, 0.25) is 5.91 Å². The lowest BCUT2D eigenvalue weighted by molar-refractivity contribution is -0.124. The number of thioether (sulfide) groups is 1. The summed E-state index contributed by atoms with van der Waals surface area (Å²) in [6, 6.07) is 27.3. The van der Waals surface area contributed by atoms with Gasteiger partial charge in [0.1, 0.15) is 11.4 Å². The number of rotatable bonds is 6. The molecule has 3 aromatic rings. The fourth-order valence-corrected chi connectivity index (χ4v) is 5.61. The Bertz CT molecular complexity index is 1110. The first-order chi connectivity index (χ1) is 16.3. The molecule has 4 rings (SSSR count). The topological polar surface area (TPSA) is 49.4 Å². The Morgan fingerprint density at radius 2 is 1.53 bits per heavy atom. The van der Waals surface area contributed by atoms with E-state index in [9.17, 15) is 9.59 Å².